The Morgan fingerprint density at radius 1 is 1.41 bits per heavy atom. The Labute approximate surface area is 132 Å². The van der Waals surface area contributed by atoms with Crippen molar-refractivity contribution < 1.29 is 19.4 Å². The summed E-state index contributed by atoms with van der Waals surface area (Å²) >= 11 is 0. The van der Waals surface area contributed by atoms with Crippen molar-refractivity contribution in [2.24, 2.45) is 11.3 Å². The molecule has 0 radical (unpaired) electrons. The first-order chi connectivity index (χ1) is 10.4. The molecule has 3 unspecified atom stereocenters. The Hall–Kier alpha value is -1.30. The van der Waals surface area contributed by atoms with E-state index in [9.17, 15) is 9.59 Å². The van der Waals surface area contributed by atoms with E-state index in [1.807, 2.05) is 6.92 Å². The summed E-state index contributed by atoms with van der Waals surface area (Å²) in [4.78, 5) is 24.6. The zero-order valence-electron chi connectivity index (χ0n) is 13.8. The molecule has 2 fully saturated rings. The highest BCUT2D eigenvalue weighted by atomic mass is 16.5. The van der Waals surface area contributed by atoms with E-state index in [0.29, 0.717) is 6.61 Å². The summed E-state index contributed by atoms with van der Waals surface area (Å²) in [6.45, 7) is 4.55. The summed E-state index contributed by atoms with van der Waals surface area (Å²) in [6.07, 6.45) is 5.73. The van der Waals surface area contributed by atoms with Gasteiger partial charge < -0.3 is 20.1 Å². The Morgan fingerprint density at radius 3 is 2.59 bits per heavy atom. The van der Waals surface area contributed by atoms with Crippen LogP contribution < -0.4 is 5.32 Å². The topological polar surface area (TPSA) is 78.9 Å². The fourth-order valence-corrected chi connectivity index (χ4v) is 3.92. The minimum Gasteiger partial charge on any atom is -0.481 e. The van der Waals surface area contributed by atoms with Crippen molar-refractivity contribution in [3.05, 3.63) is 0 Å². The lowest BCUT2D eigenvalue weighted by atomic mass is 9.60. The van der Waals surface area contributed by atoms with Crippen LogP contribution in [0.15, 0.2) is 0 Å². The van der Waals surface area contributed by atoms with Gasteiger partial charge in [-0.15, -0.1) is 0 Å². The van der Waals surface area contributed by atoms with Gasteiger partial charge >= 0.3 is 12.0 Å². The zero-order chi connectivity index (χ0) is 16.3. The maximum absolute atomic E-state index is 12.3. The minimum atomic E-state index is -0.882. The van der Waals surface area contributed by atoms with Crippen LogP contribution in [0.3, 0.4) is 0 Å². The van der Waals surface area contributed by atoms with E-state index >= 15 is 0 Å². The third-order valence-corrected chi connectivity index (χ3v) is 5.30. The number of nitrogens with one attached hydrogen (secondary N) is 1. The van der Waals surface area contributed by atoms with Gasteiger partial charge in [-0.3, -0.25) is 4.79 Å². The number of ether oxygens (including phenoxy) is 1. The van der Waals surface area contributed by atoms with Crippen LogP contribution in [0, 0.1) is 11.3 Å². The molecule has 3 atom stereocenters. The van der Waals surface area contributed by atoms with E-state index < -0.39 is 11.9 Å². The van der Waals surface area contributed by atoms with Crippen molar-refractivity contribution in [3.8, 4) is 0 Å². The minimum absolute atomic E-state index is 0.102. The van der Waals surface area contributed by atoms with E-state index in [-0.39, 0.29) is 30.1 Å². The second-order valence-electron chi connectivity index (χ2n) is 6.74. The van der Waals surface area contributed by atoms with Crippen molar-refractivity contribution in [2.45, 2.75) is 58.1 Å². The van der Waals surface area contributed by atoms with Gasteiger partial charge in [0.05, 0.1) is 12.0 Å². The molecule has 2 aliphatic rings. The molecule has 2 N–H and O–H groups in total. The van der Waals surface area contributed by atoms with Crippen LogP contribution in [-0.4, -0.2) is 54.4 Å². The van der Waals surface area contributed by atoms with E-state index in [1.165, 1.54) is 17.7 Å². The molecule has 2 aliphatic carbocycles. The van der Waals surface area contributed by atoms with Crippen molar-refractivity contribution in [2.75, 3.05) is 20.2 Å². The number of hydrogen-bond donors (Lipinski definition) is 2. The summed E-state index contributed by atoms with van der Waals surface area (Å²) < 4.78 is 5.84. The number of rotatable bonds is 6. The van der Waals surface area contributed by atoms with Gasteiger partial charge in [0.1, 0.15) is 0 Å². The third-order valence-electron chi connectivity index (χ3n) is 5.30. The molecule has 0 aromatic rings. The number of carbonyl (C=O) groups excluding carboxylic acids is 1. The van der Waals surface area contributed by atoms with Crippen molar-refractivity contribution in [1.82, 2.24) is 10.2 Å². The molecule has 2 amide bonds. The number of aliphatic carboxylic acids is 1. The van der Waals surface area contributed by atoms with Crippen LogP contribution in [-0.2, 0) is 9.53 Å². The smallest absolute Gasteiger partial charge is 0.317 e. The molecule has 0 aliphatic heterocycles. The van der Waals surface area contributed by atoms with Gasteiger partial charge in [0.15, 0.2) is 0 Å². The molecular formula is C16H28N2O4. The molecule has 0 heterocycles. The fraction of sp³-hybridized carbons (Fsp3) is 0.875. The Kier molecular flexibility index (Phi) is 5.32. The average molecular weight is 312 g/mol. The summed E-state index contributed by atoms with van der Waals surface area (Å²) in [5, 5.41) is 12.0. The Morgan fingerprint density at radius 2 is 2.05 bits per heavy atom. The van der Waals surface area contributed by atoms with Crippen LogP contribution in [0.2, 0.25) is 0 Å². The molecule has 2 saturated carbocycles. The van der Waals surface area contributed by atoms with Gasteiger partial charge in [0.25, 0.3) is 0 Å². The molecule has 0 aromatic heterocycles. The van der Waals surface area contributed by atoms with Gasteiger partial charge in [-0.2, -0.15) is 0 Å². The lowest BCUT2D eigenvalue weighted by Gasteiger charge is -2.54. The van der Waals surface area contributed by atoms with E-state index in [0.717, 1.165) is 19.3 Å². The standard InChI is InChI=1S/C16H28N2O4/c1-4-22-13-9-12(16(13)7-5-6-8-16)17-15(21)18(3)10-11(2)14(19)20/h11-13H,4-10H2,1-3H3,(H,17,21)(H,19,20). The van der Waals surface area contributed by atoms with Crippen LogP contribution in [0.1, 0.15) is 46.0 Å². The Bertz CT molecular complexity index is 420. The number of carboxylic acid groups (broad SMARTS) is 1. The molecule has 2 rings (SSSR count). The van der Waals surface area contributed by atoms with Gasteiger partial charge in [0, 0.05) is 31.7 Å². The molecule has 1 spiro atoms. The maximum Gasteiger partial charge on any atom is 0.317 e. The van der Waals surface area contributed by atoms with Crippen molar-refractivity contribution >= 4 is 12.0 Å². The summed E-state index contributed by atoms with van der Waals surface area (Å²) in [5.41, 5.74) is 0.102. The zero-order valence-corrected chi connectivity index (χ0v) is 13.8. The molecular weight excluding hydrogens is 284 g/mol. The number of hydrogen-bond acceptors (Lipinski definition) is 3. The largest absolute Gasteiger partial charge is 0.481 e. The molecule has 0 bridgehead atoms. The van der Waals surface area contributed by atoms with E-state index in [1.54, 1.807) is 14.0 Å². The van der Waals surface area contributed by atoms with Crippen molar-refractivity contribution in [1.29, 1.82) is 0 Å². The molecule has 6 nitrogen and oxygen atoms in total. The SMILES string of the molecule is CCOC1CC(NC(=O)N(C)CC(C)C(=O)O)C12CCCC2. The highest BCUT2D eigenvalue weighted by Crippen LogP contribution is 2.54. The van der Waals surface area contributed by atoms with E-state index in [4.69, 9.17) is 9.84 Å². The second-order valence-corrected chi connectivity index (χ2v) is 6.74. The van der Waals surface area contributed by atoms with Gasteiger partial charge in [-0.05, 0) is 26.2 Å². The first-order valence-corrected chi connectivity index (χ1v) is 8.26. The number of carboxylic acids is 1. The first kappa shape index (κ1) is 17.1. The molecule has 126 valence electrons. The lowest BCUT2D eigenvalue weighted by Crippen LogP contribution is -2.65. The third kappa shape index (κ3) is 3.21. The molecule has 0 aromatic carbocycles. The summed E-state index contributed by atoms with van der Waals surface area (Å²) in [7, 11) is 1.65. The van der Waals surface area contributed by atoms with Crippen LogP contribution in [0.25, 0.3) is 0 Å². The van der Waals surface area contributed by atoms with Crippen LogP contribution in [0.4, 0.5) is 4.79 Å². The van der Waals surface area contributed by atoms with E-state index in [2.05, 4.69) is 5.32 Å². The summed E-state index contributed by atoms with van der Waals surface area (Å²) in [5.74, 6) is -1.44. The second kappa shape index (κ2) is 6.86. The molecule has 0 saturated heterocycles. The van der Waals surface area contributed by atoms with Gasteiger partial charge in [-0.1, -0.05) is 19.8 Å². The normalized spacial score (nSPS) is 27.2. The predicted molar refractivity (Wildman–Crippen MR) is 82.7 cm³/mol. The predicted octanol–water partition coefficient (Wildman–Crippen LogP) is 2.09. The Balaban J connectivity index is 1.90. The number of nitrogens with zero attached hydrogens (tertiary/aromatic N) is 1. The number of urea groups is 1. The number of amides is 2. The monoisotopic (exact) mass is 312 g/mol. The summed E-state index contributed by atoms with van der Waals surface area (Å²) in [6, 6.07) is -0.0269. The maximum atomic E-state index is 12.3. The van der Waals surface area contributed by atoms with Gasteiger partial charge in [0.2, 0.25) is 0 Å². The number of carbonyl (C=O) groups is 2. The molecule has 6 heteroatoms. The highest BCUT2D eigenvalue weighted by Gasteiger charge is 2.57. The quantitative estimate of drug-likeness (QED) is 0.787. The fourth-order valence-electron chi connectivity index (χ4n) is 3.92. The highest BCUT2D eigenvalue weighted by molar-refractivity contribution is 5.76. The lowest BCUT2D eigenvalue weighted by molar-refractivity contribution is -0.141. The van der Waals surface area contributed by atoms with Crippen LogP contribution >= 0.6 is 0 Å². The molecule has 22 heavy (non-hydrogen) atoms. The van der Waals surface area contributed by atoms with Crippen LogP contribution in [0.5, 0.6) is 0 Å². The van der Waals surface area contributed by atoms with Gasteiger partial charge in [-0.25, -0.2) is 4.79 Å². The average Bonchev–Trinajstić information content (AvgIpc) is 2.98. The van der Waals surface area contributed by atoms with Crippen molar-refractivity contribution in [3.63, 3.8) is 0 Å². The first-order valence-electron chi connectivity index (χ1n) is 8.26.